The van der Waals surface area contributed by atoms with E-state index < -0.39 is 21.5 Å². The Bertz CT molecular complexity index is 743. The van der Waals surface area contributed by atoms with Gasteiger partial charge >= 0.3 is 0 Å². The van der Waals surface area contributed by atoms with Gasteiger partial charge in [-0.2, -0.15) is 0 Å². The summed E-state index contributed by atoms with van der Waals surface area (Å²) in [4.78, 5) is 27.2. The van der Waals surface area contributed by atoms with Crippen molar-refractivity contribution in [1.82, 2.24) is 15.0 Å². The van der Waals surface area contributed by atoms with Crippen molar-refractivity contribution >= 4 is 21.7 Å². The number of aryl methyl sites for hydroxylation is 1. The third-order valence-electron chi connectivity index (χ3n) is 3.49. The lowest BCUT2D eigenvalue weighted by atomic mass is 10.0. The van der Waals surface area contributed by atoms with E-state index in [0.717, 1.165) is 6.42 Å². The van der Waals surface area contributed by atoms with Crippen LogP contribution in [0.4, 0.5) is 0 Å². The number of sulfonamides is 1. The average Bonchev–Trinajstić information content (AvgIpc) is 2.73. The molecular formula is C17H29N3O4S. The Labute approximate surface area is 150 Å². The molecule has 0 bridgehead atoms. The van der Waals surface area contributed by atoms with E-state index in [1.165, 1.54) is 6.92 Å². The van der Waals surface area contributed by atoms with Crippen LogP contribution in [0.2, 0.25) is 0 Å². The molecule has 0 fully saturated rings. The van der Waals surface area contributed by atoms with E-state index in [2.05, 4.69) is 15.0 Å². The molecule has 0 unspecified atom stereocenters. The fraction of sp³-hybridized carbons (Fsp3) is 0.647. The van der Waals surface area contributed by atoms with Crippen LogP contribution in [0.1, 0.15) is 73.1 Å². The highest BCUT2D eigenvalue weighted by Gasteiger charge is 2.23. The molecule has 0 aliphatic carbocycles. The second-order valence-corrected chi connectivity index (χ2v) is 9.05. The summed E-state index contributed by atoms with van der Waals surface area (Å²) in [6, 6.07) is 0. The number of Topliss-reactive ketones (excluding diaryl/α,β-unsaturated/α-hetero) is 1. The summed E-state index contributed by atoms with van der Waals surface area (Å²) in [5.41, 5.74) is 1.67. The maximum atomic E-state index is 12.4. The number of hydrogen-bond donors (Lipinski definition) is 3. The van der Waals surface area contributed by atoms with Gasteiger partial charge in [-0.3, -0.25) is 9.59 Å². The molecule has 1 aromatic heterocycles. The SMILES string of the molecule is CCCc1c(C(=O)NCCS(=O)(=O)NC(C)(C)C)[nH]c(C)c1C(C)=O. The zero-order valence-corrected chi connectivity index (χ0v) is 16.7. The number of carbonyl (C=O) groups is 2. The van der Waals surface area contributed by atoms with Gasteiger partial charge in [-0.05, 0) is 46.6 Å². The molecule has 25 heavy (non-hydrogen) atoms. The summed E-state index contributed by atoms with van der Waals surface area (Å²) in [6.45, 7) is 10.5. The summed E-state index contributed by atoms with van der Waals surface area (Å²) >= 11 is 0. The van der Waals surface area contributed by atoms with E-state index in [9.17, 15) is 18.0 Å². The van der Waals surface area contributed by atoms with E-state index in [1.54, 1.807) is 27.7 Å². The normalized spacial score (nSPS) is 12.2. The molecule has 7 nitrogen and oxygen atoms in total. The lowest BCUT2D eigenvalue weighted by molar-refractivity contribution is 0.0950. The van der Waals surface area contributed by atoms with Gasteiger partial charge in [0, 0.05) is 23.3 Å². The van der Waals surface area contributed by atoms with Crippen molar-refractivity contribution in [3.8, 4) is 0 Å². The van der Waals surface area contributed by atoms with Crippen molar-refractivity contribution in [2.45, 2.75) is 59.9 Å². The number of H-pyrrole nitrogens is 1. The summed E-state index contributed by atoms with van der Waals surface area (Å²) in [6.07, 6.45) is 1.40. The van der Waals surface area contributed by atoms with E-state index in [1.807, 2.05) is 6.92 Å². The van der Waals surface area contributed by atoms with Gasteiger partial charge in [0.2, 0.25) is 10.0 Å². The molecular weight excluding hydrogens is 342 g/mol. The van der Waals surface area contributed by atoms with Crippen molar-refractivity contribution < 1.29 is 18.0 Å². The third kappa shape index (κ3) is 6.28. The van der Waals surface area contributed by atoms with Gasteiger partial charge in [-0.15, -0.1) is 0 Å². The van der Waals surface area contributed by atoms with Crippen LogP contribution in [0.25, 0.3) is 0 Å². The maximum absolute atomic E-state index is 12.4. The first kappa shape index (κ1) is 21.4. The zero-order valence-electron chi connectivity index (χ0n) is 15.9. The van der Waals surface area contributed by atoms with Crippen molar-refractivity contribution in [2.24, 2.45) is 0 Å². The highest BCUT2D eigenvalue weighted by Crippen LogP contribution is 2.21. The fourth-order valence-corrected chi connectivity index (χ4v) is 4.16. The standard InChI is InChI=1S/C17H29N3O4S/c1-7-8-13-14(12(3)21)11(2)19-15(13)16(22)18-9-10-25(23,24)20-17(4,5)6/h19-20H,7-10H2,1-6H3,(H,18,22). The molecule has 0 aliphatic rings. The summed E-state index contributed by atoms with van der Waals surface area (Å²) in [5.74, 6) is -0.698. The van der Waals surface area contributed by atoms with Crippen LogP contribution in [0, 0.1) is 6.92 Å². The van der Waals surface area contributed by atoms with Gasteiger partial charge < -0.3 is 10.3 Å². The number of aromatic nitrogens is 1. The molecule has 0 saturated carbocycles. The molecule has 0 spiro atoms. The number of amides is 1. The second kappa shape index (κ2) is 8.14. The number of carbonyl (C=O) groups excluding carboxylic acids is 2. The molecule has 0 saturated heterocycles. The Hall–Kier alpha value is -1.67. The Morgan fingerprint density at radius 1 is 1.20 bits per heavy atom. The molecule has 0 aliphatic heterocycles. The van der Waals surface area contributed by atoms with Crippen LogP contribution in [0.15, 0.2) is 0 Å². The highest BCUT2D eigenvalue weighted by molar-refractivity contribution is 7.89. The van der Waals surface area contributed by atoms with Crippen molar-refractivity contribution in [3.63, 3.8) is 0 Å². The van der Waals surface area contributed by atoms with Crippen LogP contribution in [0.5, 0.6) is 0 Å². The topological polar surface area (TPSA) is 108 Å². The molecule has 1 heterocycles. The molecule has 8 heteroatoms. The summed E-state index contributed by atoms with van der Waals surface area (Å²) in [7, 11) is -3.48. The Morgan fingerprint density at radius 2 is 1.80 bits per heavy atom. The van der Waals surface area contributed by atoms with Crippen LogP contribution in [-0.2, 0) is 16.4 Å². The maximum Gasteiger partial charge on any atom is 0.268 e. The Balaban J connectivity index is 2.85. The first-order valence-corrected chi connectivity index (χ1v) is 10.1. The molecule has 0 atom stereocenters. The first-order chi connectivity index (χ1) is 11.4. The van der Waals surface area contributed by atoms with E-state index in [0.29, 0.717) is 28.9 Å². The summed E-state index contributed by atoms with van der Waals surface area (Å²) in [5, 5.41) is 2.62. The van der Waals surface area contributed by atoms with Gasteiger partial charge in [-0.1, -0.05) is 13.3 Å². The van der Waals surface area contributed by atoms with Crippen molar-refractivity contribution in [1.29, 1.82) is 0 Å². The molecule has 1 amide bonds. The van der Waals surface area contributed by atoms with Crippen LogP contribution < -0.4 is 10.0 Å². The first-order valence-electron chi connectivity index (χ1n) is 8.40. The van der Waals surface area contributed by atoms with Crippen LogP contribution in [-0.4, -0.2) is 42.9 Å². The lowest BCUT2D eigenvalue weighted by Gasteiger charge is -2.20. The fourth-order valence-electron chi connectivity index (χ4n) is 2.75. The average molecular weight is 372 g/mol. The van der Waals surface area contributed by atoms with Crippen molar-refractivity contribution in [2.75, 3.05) is 12.3 Å². The highest BCUT2D eigenvalue weighted by atomic mass is 32.2. The molecule has 1 rings (SSSR count). The van der Waals surface area contributed by atoms with E-state index >= 15 is 0 Å². The van der Waals surface area contributed by atoms with Gasteiger partial charge in [0.05, 0.1) is 5.75 Å². The monoisotopic (exact) mass is 371 g/mol. The predicted molar refractivity (Wildman–Crippen MR) is 98.5 cm³/mol. The predicted octanol–water partition coefficient (Wildman–Crippen LogP) is 1.93. The molecule has 142 valence electrons. The largest absolute Gasteiger partial charge is 0.354 e. The van der Waals surface area contributed by atoms with Gasteiger partial charge in [0.1, 0.15) is 5.69 Å². The number of nitrogens with one attached hydrogen (secondary N) is 3. The molecule has 3 N–H and O–H groups in total. The lowest BCUT2D eigenvalue weighted by Crippen LogP contribution is -2.44. The van der Waals surface area contributed by atoms with E-state index in [-0.39, 0.29) is 18.1 Å². The summed E-state index contributed by atoms with van der Waals surface area (Å²) < 4.78 is 26.5. The molecule has 1 aromatic rings. The second-order valence-electron chi connectivity index (χ2n) is 7.21. The minimum Gasteiger partial charge on any atom is -0.354 e. The molecule has 0 aromatic carbocycles. The minimum absolute atomic E-state index is 0.0106. The van der Waals surface area contributed by atoms with Gasteiger partial charge in [0.15, 0.2) is 5.78 Å². The molecule has 0 radical (unpaired) electrons. The van der Waals surface area contributed by atoms with Crippen molar-refractivity contribution in [3.05, 3.63) is 22.5 Å². The van der Waals surface area contributed by atoms with Gasteiger partial charge in [0.25, 0.3) is 5.91 Å². The number of hydrogen-bond acceptors (Lipinski definition) is 4. The number of aromatic amines is 1. The smallest absolute Gasteiger partial charge is 0.268 e. The van der Waals surface area contributed by atoms with E-state index in [4.69, 9.17) is 0 Å². The Morgan fingerprint density at radius 3 is 2.28 bits per heavy atom. The van der Waals surface area contributed by atoms with Crippen LogP contribution >= 0.6 is 0 Å². The third-order valence-corrected chi connectivity index (χ3v) is 5.15. The van der Waals surface area contributed by atoms with Gasteiger partial charge in [-0.25, -0.2) is 13.1 Å². The number of ketones is 1. The quantitative estimate of drug-likeness (QED) is 0.607. The van der Waals surface area contributed by atoms with Crippen LogP contribution in [0.3, 0.4) is 0 Å². The number of rotatable bonds is 8. The minimum atomic E-state index is -3.48. The Kier molecular flexibility index (Phi) is 6.96. The zero-order chi connectivity index (χ0) is 19.4.